The second-order valence-corrected chi connectivity index (χ2v) is 7.78. The molecule has 1 fully saturated rings. The number of nitrogens with zero attached hydrogens (tertiary/aromatic N) is 1. The van der Waals surface area contributed by atoms with Crippen LogP contribution in [0.15, 0.2) is 48.5 Å². The molecule has 0 saturated carbocycles. The van der Waals surface area contributed by atoms with Gasteiger partial charge in [-0.05, 0) is 42.6 Å². The van der Waals surface area contributed by atoms with E-state index in [-0.39, 0.29) is 11.6 Å². The fraction of sp³-hybridized carbons (Fsp3) is 0.409. The number of rotatable bonds is 7. The first-order valence-corrected chi connectivity index (χ1v) is 10.1. The van der Waals surface area contributed by atoms with Crippen LogP contribution in [0.2, 0.25) is 5.02 Å². The largest absolute Gasteiger partial charge is 0.481 e. The van der Waals surface area contributed by atoms with Crippen LogP contribution in [0.3, 0.4) is 0 Å². The summed E-state index contributed by atoms with van der Waals surface area (Å²) in [6, 6.07) is 12.8. The molecule has 0 radical (unpaired) electrons. The summed E-state index contributed by atoms with van der Waals surface area (Å²) in [6.07, 6.45) is -3.80. The van der Waals surface area contributed by atoms with E-state index in [0.717, 1.165) is 24.6 Å². The van der Waals surface area contributed by atoms with Crippen molar-refractivity contribution in [2.45, 2.75) is 25.1 Å². The molecule has 2 aromatic carbocycles. The number of halogens is 4. The van der Waals surface area contributed by atoms with E-state index in [1.54, 1.807) is 24.3 Å². The van der Waals surface area contributed by atoms with Gasteiger partial charge < -0.3 is 14.7 Å². The number of likely N-dealkylation sites (tertiary alicyclic amines) is 1. The summed E-state index contributed by atoms with van der Waals surface area (Å²) >= 11 is 5.76. The predicted octanol–water partition coefficient (Wildman–Crippen LogP) is 5.26. The van der Waals surface area contributed by atoms with E-state index in [1.165, 1.54) is 12.1 Å². The van der Waals surface area contributed by atoms with E-state index in [2.05, 4.69) is 0 Å². The summed E-state index contributed by atoms with van der Waals surface area (Å²) in [6.45, 7) is 2.00. The molecule has 0 amide bonds. The highest BCUT2D eigenvalue weighted by molar-refractivity contribution is 6.31. The first-order chi connectivity index (χ1) is 14.3. The molecule has 2 aromatic rings. The van der Waals surface area contributed by atoms with Crippen LogP contribution in [0.4, 0.5) is 13.2 Å². The summed E-state index contributed by atoms with van der Waals surface area (Å²) in [4.78, 5) is 13.3. The molecule has 4 nitrogen and oxygen atoms in total. The number of carboxylic acids is 1. The van der Waals surface area contributed by atoms with Gasteiger partial charge in [-0.3, -0.25) is 4.79 Å². The number of aliphatic carboxylic acids is 1. The molecule has 0 aliphatic carbocycles. The monoisotopic (exact) mass is 441 g/mol. The summed E-state index contributed by atoms with van der Waals surface area (Å²) in [5.74, 6) is -1.20. The van der Waals surface area contributed by atoms with Crippen LogP contribution in [0.25, 0.3) is 0 Å². The Bertz CT molecular complexity index is 860. The van der Waals surface area contributed by atoms with Crippen molar-refractivity contribution in [2.24, 2.45) is 5.92 Å². The Morgan fingerprint density at radius 1 is 1.20 bits per heavy atom. The van der Waals surface area contributed by atoms with Crippen molar-refractivity contribution < 1.29 is 27.8 Å². The Labute approximate surface area is 178 Å². The lowest BCUT2D eigenvalue weighted by Gasteiger charge is -2.31. The highest BCUT2D eigenvalue weighted by atomic mass is 35.5. The van der Waals surface area contributed by atoms with Crippen LogP contribution >= 0.6 is 11.6 Å². The molecule has 3 rings (SSSR count). The zero-order chi connectivity index (χ0) is 21.7. The van der Waals surface area contributed by atoms with Gasteiger partial charge in [-0.2, -0.15) is 13.2 Å². The van der Waals surface area contributed by atoms with Gasteiger partial charge in [-0.15, -0.1) is 0 Å². The molecule has 0 aromatic heterocycles. The minimum Gasteiger partial charge on any atom is -0.481 e. The lowest BCUT2D eigenvalue weighted by Crippen LogP contribution is -2.40. The second-order valence-electron chi connectivity index (χ2n) is 7.38. The van der Waals surface area contributed by atoms with Gasteiger partial charge in [0.2, 0.25) is 0 Å². The highest BCUT2D eigenvalue weighted by Gasteiger charge is 2.34. The molecule has 2 unspecified atom stereocenters. The standard InChI is InChI=1S/C22H23ClF3NO3/c23-19-9-8-16(13-18(19)22(24,25)26)20(15-5-2-1-3-6-15)30-12-11-27-10-4-7-17(14-27)21(28)29/h1-3,5-6,8-9,13,17,20H,4,7,10-12,14H2,(H,28,29). The topological polar surface area (TPSA) is 49.8 Å². The Morgan fingerprint density at radius 2 is 1.93 bits per heavy atom. The highest BCUT2D eigenvalue weighted by Crippen LogP contribution is 2.37. The number of ether oxygens (including phenoxy) is 1. The van der Waals surface area contributed by atoms with E-state index < -0.39 is 29.7 Å². The van der Waals surface area contributed by atoms with Gasteiger partial charge >= 0.3 is 12.1 Å². The molecule has 1 N–H and O–H groups in total. The fourth-order valence-corrected chi connectivity index (χ4v) is 3.92. The molecule has 1 aliphatic rings. The molecule has 30 heavy (non-hydrogen) atoms. The van der Waals surface area contributed by atoms with Crippen molar-refractivity contribution in [3.8, 4) is 0 Å². The first-order valence-electron chi connectivity index (χ1n) is 9.74. The van der Waals surface area contributed by atoms with Crippen LogP contribution in [0, 0.1) is 5.92 Å². The summed E-state index contributed by atoms with van der Waals surface area (Å²) in [7, 11) is 0. The van der Waals surface area contributed by atoms with Gasteiger partial charge in [-0.25, -0.2) is 0 Å². The number of alkyl halides is 3. The molecular formula is C22H23ClF3NO3. The summed E-state index contributed by atoms with van der Waals surface area (Å²) in [5, 5.41) is 8.87. The quantitative estimate of drug-likeness (QED) is 0.636. The van der Waals surface area contributed by atoms with Crippen molar-refractivity contribution in [1.29, 1.82) is 0 Å². The zero-order valence-corrected chi connectivity index (χ0v) is 17.0. The van der Waals surface area contributed by atoms with E-state index >= 15 is 0 Å². The maximum atomic E-state index is 13.3. The van der Waals surface area contributed by atoms with E-state index in [1.807, 2.05) is 11.0 Å². The number of carboxylic acid groups (broad SMARTS) is 1. The number of hydrogen-bond acceptors (Lipinski definition) is 3. The Hall–Kier alpha value is -2.09. The normalized spacial score (nSPS) is 18.9. The molecule has 2 atom stereocenters. The number of piperidine rings is 1. The number of benzene rings is 2. The van der Waals surface area contributed by atoms with Crippen LogP contribution in [0.1, 0.15) is 35.6 Å². The first kappa shape index (κ1) is 22.6. The Morgan fingerprint density at radius 3 is 2.60 bits per heavy atom. The average Bonchev–Trinajstić information content (AvgIpc) is 2.72. The van der Waals surface area contributed by atoms with Crippen molar-refractivity contribution in [2.75, 3.05) is 26.2 Å². The molecule has 1 heterocycles. The maximum Gasteiger partial charge on any atom is 0.417 e. The van der Waals surface area contributed by atoms with Gasteiger partial charge in [0.25, 0.3) is 0 Å². The van der Waals surface area contributed by atoms with E-state index in [4.69, 9.17) is 16.3 Å². The molecule has 0 spiro atoms. The molecule has 1 saturated heterocycles. The van der Waals surface area contributed by atoms with Gasteiger partial charge in [0.1, 0.15) is 6.10 Å². The number of carbonyl (C=O) groups is 1. The summed E-state index contributed by atoms with van der Waals surface area (Å²) in [5.41, 5.74) is 0.196. The number of hydrogen-bond donors (Lipinski definition) is 1. The van der Waals surface area contributed by atoms with Gasteiger partial charge in [-0.1, -0.05) is 48.0 Å². The smallest absolute Gasteiger partial charge is 0.417 e. The van der Waals surface area contributed by atoms with Crippen molar-refractivity contribution in [3.63, 3.8) is 0 Å². The van der Waals surface area contributed by atoms with Gasteiger partial charge in [0.15, 0.2) is 0 Å². The Balaban J connectivity index is 1.75. The van der Waals surface area contributed by atoms with Crippen LogP contribution in [-0.4, -0.2) is 42.2 Å². The minimum atomic E-state index is -4.56. The molecule has 162 valence electrons. The third kappa shape index (κ3) is 5.74. The average molecular weight is 442 g/mol. The van der Waals surface area contributed by atoms with Crippen LogP contribution in [-0.2, 0) is 15.7 Å². The van der Waals surface area contributed by atoms with Crippen LogP contribution in [0.5, 0.6) is 0 Å². The van der Waals surface area contributed by atoms with E-state index in [0.29, 0.717) is 25.1 Å². The third-order valence-corrected chi connectivity index (χ3v) is 5.58. The predicted molar refractivity (Wildman–Crippen MR) is 107 cm³/mol. The second kappa shape index (κ2) is 9.81. The zero-order valence-electron chi connectivity index (χ0n) is 16.2. The third-order valence-electron chi connectivity index (χ3n) is 5.25. The lowest BCUT2D eigenvalue weighted by atomic mass is 9.98. The molecular weight excluding hydrogens is 419 g/mol. The molecule has 0 bridgehead atoms. The maximum absolute atomic E-state index is 13.3. The van der Waals surface area contributed by atoms with Crippen molar-refractivity contribution in [3.05, 3.63) is 70.2 Å². The van der Waals surface area contributed by atoms with E-state index in [9.17, 15) is 23.1 Å². The van der Waals surface area contributed by atoms with Crippen molar-refractivity contribution >= 4 is 17.6 Å². The van der Waals surface area contributed by atoms with Gasteiger partial charge in [0.05, 0.1) is 23.1 Å². The molecule has 8 heteroatoms. The van der Waals surface area contributed by atoms with Crippen LogP contribution < -0.4 is 0 Å². The lowest BCUT2D eigenvalue weighted by molar-refractivity contribution is -0.143. The van der Waals surface area contributed by atoms with Gasteiger partial charge in [0, 0.05) is 13.1 Å². The Kier molecular flexibility index (Phi) is 7.39. The molecule has 1 aliphatic heterocycles. The minimum absolute atomic E-state index is 0.260. The fourth-order valence-electron chi connectivity index (χ4n) is 3.70. The summed E-state index contributed by atoms with van der Waals surface area (Å²) < 4.78 is 46.0. The SMILES string of the molecule is O=C(O)C1CCCN(CCOC(c2ccccc2)c2ccc(Cl)c(C(F)(F)F)c2)C1. The van der Waals surface area contributed by atoms with Crippen molar-refractivity contribution in [1.82, 2.24) is 4.90 Å².